The normalized spacial score (nSPS) is 11.6. The number of aldehydes is 1. The molecule has 0 radical (unpaired) electrons. The number of hydrogen-bond donors (Lipinski definition) is 0. The molecule has 0 N–H and O–H groups in total. The summed E-state index contributed by atoms with van der Waals surface area (Å²) < 4.78 is 13.5. The maximum atomic E-state index is 13.5. The van der Waals surface area contributed by atoms with Crippen LogP contribution >= 0.6 is 11.3 Å². The molecule has 0 unspecified atom stereocenters. The van der Waals surface area contributed by atoms with Crippen LogP contribution in [0.3, 0.4) is 0 Å². The summed E-state index contributed by atoms with van der Waals surface area (Å²) in [6.45, 7) is 6.35. The molecule has 0 aliphatic heterocycles. The first-order valence-corrected chi connectivity index (χ1v) is 6.96. The molecule has 0 amide bonds. The molecule has 0 atom stereocenters. The van der Waals surface area contributed by atoms with Crippen molar-refractivity contribution in [3.63, 3.8) is 0 Å². The third-order valence-corrected chi connectivity index (χ3v) is 3.72. The van der Waals surface area contributed by atoms with Gasteiger partial charge >= 0.3 is 0 Å². The molecule has 0 saturated carbocycles. The molecule has 4 heteroatoms. The Morgan fingerprint density at radius 1 is 1.37 bits per heavy atom. The lowest BCUT2D eigenvalue weighted by atomic mass is 9.93. The number of benzene rings is 1. The number of aromatic nitrogens is 1. The van der Waals surface area contributed by atoms with Crippen LogP contribution in [0.15, 0.2) is 23.6 Å². The molecule has 1 aromatic heterocycles. The minimum atomic E-state index is -0.472. The second-order valence-electron chi connectivity index (χ2n) is 5.53. The average molecular weight is 277 g/mol. The van der Waals surface area contributed by atoms with E-state index < -0.39 is 5.82 Å². The lowest BCUT2D eigenvalue weighted by Crippen LogP contribution is -2.11. The Morgan fingerprint density at radius 3 is 2.63 bits per heavy atom. The van der Waals surface area contributed by atoms with Gasteiger partial charge in [0.05, 0.1) is 16.3 Å². The smallest absolute Gasteiger partial charge is 0.152 e. The van der Waals surface area contributed by atoms with Crippen LogP contribution in [0.25, 0.3) is 0 Å². The van der Waals surface area contributed by atoms with E-state index in [0.29, 0.717) is 12.7 Å². The highest BCUT2D eigenvalue weighted by Gasteiger charge is 2.17. The fourth-order valence-corrected chi connectivity index (χ4v) is 2.74. The molecule has 100 valence electrons. The molecule has 19 heavy (non-hydrogen) atoms. The first-order chi connectivity index (χ1) is 8.90. The Balaban J connectivity index is 2.19. The number of rotatable bonds is 3. The highest BCUT2D eigenvalue weighted by molar-refractivity contribution is 7.09. The van der Waals surface area contributed by atoms with Crippen LogP contribution in [-0.4, -0.2) is 11.3 Å². The average Bonchev–Trinajstić information content (AvgIpc) is 2.77. The number of hydrogen-bond acceptors (Lipinski definition) is 3. The molecule has 0 bridgehead atoms. The van der Waals surface area contributed by atoms with E-state index >= 15 is 0 Å². The third-order valence-electron chi connectivity index (χ3n) is 2.87. The highest BCUT2D eigenvalue weighted by atomic mass is 32.1. The van der Waals surface area contributed by atoms with Crippen molar-refractivity contribution in [2.45, 2.75) is 32.6 Å². The standard InChI is InChI=1S/C15H16FNOS/c1-15(2,3)13-9-19-14(17-13)7-10-4-5-11(8-18)12(16)6-10/h4-6,8-9H,7H2,1-3H3. The van der Waals surface area contributed by atoms with Crippen molar-refractivity contribution in [1.29, 1.82) is 0 Å². The topological polar surface area (TPSA) is 30.0 Å². The molecule has 0 aliphatic rings. The lowest BCUT2D eigenvalue weighted by Gasteiger charge is -2.14. The molecular weight excluding hydrogens is 261 g/mol. The highest BCUT2D eigenvalue weighted by Crippen LogP contribution is 2.25. The van der Waals surface area contributed by atoms with Gasteiger partial charge in [-0.25, -0.2) is 9.37 Å². The lowest BCUT2D eigenvalue weighted by molar-refractivity contribution is 0.112. The molecular formula is C15H16FNOS. The predicted octanol–water partition coefficient (Wildman–Crippen LogP) is 3.98. The van der Waals surface area contributed by atoms with Crippen LogP contribution in [0, 0.1) is 5.82 Å². The number of halogens is 1. The summed E-state index contributed by atoms with van der Waals surface area (Å²) in [5, 5.41) is 3.01. The predicted molar refractivity (Wildman–Crippen MR) is 75.4 cm³/mol. The van der Waals surface area contributed by atoms with Gasteiger partial charge in [0, 0.05) is 17.2 Å². The molecule has 0 fully saturated rings. The van der Waals surface area contributed by atoms with Crippen molar-refractivity contribution < 1.29 is 9.18 Å². The second kappa shape index (κ2) is 5.21. The Hall–Kier alpha value is -1.55. The Kier molecular flexibility index (Phi) is 3.80. The van der Waals surface area contributed by atoms with Crippen molar-refractivity contribution in [2.75, 3.05) is 0 Å². The first-order valence-electron chi connectivity index (χ1n) is 6.08. The summed E-state index contributed by atoms with van der Waals surface area (Å²) in [6, 6.07) is 4.68. The van der Waals surface area contributed by atoms with Crippen LogP contribution in [0.1, 0.15) is 47.4 Å². The van der Waals surface area contributed by atoms with Gasteiger partial charge in [-0.1, -0.05) is 26.8 Å². The summed E-state index contributed by atoms with van der Waals surface area (Å²) in [6.07, 6.45) is 1.12. The van der Waals surface area contributed by atoms with E-state index in [1.165, 1.54) is 12.1 Å². The quantitative estimate of drug-likeness (QED) is 0.794. The summed E-state index contributed by atoms with van der Waals surface area (Å²) in [5.74, 6) is -0.472. The van der Waals surface area contributed by atoms with E-state index in [0.717, 1.165) is 16.3 Å². The Labute approximate surface area is 116 Å². The van der Waals surface area contributed by atoms with Crippen LogP contribution in [-0.2, 0) is 11.8 Å². The van der Waals surface area contributed by atoms with E-state index in [9.17, 15) is 9.18 Å². The van der Waals surface area contributed by atoms with Gasteiger partial charge < -0.3 is 0 Å². The van der Waals surface area contributed by atoms with Gasteiger partial charge in [0.1, 0.15) is 5.82 Å². The maximum absolute atomic E-state index is 13.5. The van der Waals surface area contributed by atoms with Crippen molar-refractivity contribution >= 4 is 17.6 Å². The van der Waals surface area contributed by atoms with Gasteiger partial charge in [-0.15, -0.1) is 11.3 Å². The van der Waals surface area contributed by atoms with E-state index in [1.54, 1.807) is 17.4 Å². The molecule has 0 saturated heterocycles. The van der Waals surface area contributed by atoms with Crippen LogP contribution in [0.2, 0.25) is 0 Å². The SMILES string of the molecule is CC(C)(C)c1csc(Cc2ccc(C=O)c(F)c2)n1. The zero-order chi connectivity index (χ0) is 14.0. The summed E-state index contributed by atoms with van der Waals surface area (Å²) in [7, 11) is 0. The van der Waals surface area contributed by atoms with E-state index in [4.69, 9.17) is 0 Å². The van der Waals surface area contributed by atoms with Gasteiger partial charge in [0.15, 0.2) is 6.29 Å². The largest absolute Gasteiger partial charge is 0.298 e. The zero-order valence-electron chi connectivity index (χ0n) is 11.2. The van der Waals surface area contributed by atoms with Crippen LogP contribution in [0.4, 0.5) is 4.39 Å². The third kappa shape index (κ3) is 3.26. The van der Waals surface area contributed by atoms with Crippen molar-refractivity contribution in [3.8, 4) is 0 Å². The van der Waals surface area contributed by atoms with Gasteiger partial charge in [-0.2, -0.15) is 0 Å². The number of thiazole rings is 1. The Bertz CT molecular complexity index is 598. The van der Waals surface area contributed by atoms with Crippen molar-refractivity contribution in [3.05, 3.63) is 51.2 Å². The molecule has 2 aromatic rings. The van der Waals surface area contributed by atoms with Gasteiger partial charge in [0.25, 0.3) is 0 Å². The van der Waals surface area contributed by atoms with E-state index in [1.807, 2.05) is 5.38 Å². The minimum absolute atomic E-state index is 0.0291. The second-order valence-corrected chi connectivity index (χ2v) is 6.47. The molecule has 1 aromatic carbocycles. The Morgan fingerprint density at radius 2 is 2.11 bits per heavy atom. The van der Waals surface area contributed by atoms with Gasteiger partial charge in [-0.05, 0) is 17.7 Å². The summed E-state index contributed by atoms with van der Waals surface area (Å²) >= 11 is 1.58. The van der Waals surface area contributed by atoms with Gasteiger partial charge in [0.2, 0.25) is 0 Å². The summed E-state index contributed by atoms with van der Waals surface area (Å²) in [5.41, 5.74) is 2.01. The van der Waals surface area contributed by atoms with Crippen LogP contribution < -0.4 is 0 Å². The number of carbonyl (C=O) groups is 1. The summed E-state index contributed by atoms with van der Waals surface area (Å²) in [4.78, 5) is 15.1. The maximum Gasteiger partial charge on any atom is 0.152 e. The first kappa shape index (κ1) is 13.9. The molecule has 2 rings (SSSR count). The van der Waals surface area contributed by atoms with E-state index in [2.05, 4.69) is 25.8 Å². The fraction of sp³-hybridized carbons (Fsp3) is 0.333. The van der Waals surface area contributed by atoms with Crippen molar-refractivity contribution in [1.82, 2.24) is 4.98 Å². The van der Waals surface area contributed by atoms with Gasteiger partial charge in [-0.3, -0.25) is 4.79 Å². The number of nitrogens with zero attached hydrogens (tertiary/aromatic N) is 1. The molecule has 1 heterocycles. The molecule has 2 nitrogen and oxygen atoms in total. The monoisotopic (exact) mass is 277 g/mol. The van der Waals surface area contributed by atoms with Crippen molar-refractivity contribution in [2.24, 2.45) is 0 Å². The number of carbonyl (C=O) groups excluding carboxylic acids is 1. The van der Waals surface area contributed by atoms with E-state index in [-0.39, 0.29) is 11.0 Å². The molecule has 0 spiro atoms. The molecule has 0 aliphatic carbocycles. The minimum Gasteiger partial charge on any atom is -0.298 e. The fourth-order valence-electron chi connectivity index (χ4n) is 1.69. The zero-order valence-corrected chi connectivity index (χ0v) is 12.1. The van der Waals surface area contributed by atoms with Crippen LogP contribution in [0.5, 0.6) is 0 Å².